The summed E-state index contributed by atoms with van der Waals surface area (Å²) in [5, 5.41) is 17.6. The molecule has 0 spiro atoms. The molecule has 7 heteroatoms. The standard InChI is InChI=1S/C14H23N5O2/c1-5-15-13-16-9(2)11(19(20)21)12(18-13)17-10-7-6-8-14(10,3)4/h10H,5-8H2,1-4H3,(H2,15,16,17,18). The minimum absolute atomic E-state index is 0.0284. The molecule has 116 valence electrons. The van der Waals surface area contributed by atoms with Crippen LogP contribution in [0.3, 0.4) is 0 Å². The molecular weight excluding hydrogens is 270 g/mol. The quantitative estimate of drug-likeness (QED) is 0.640. The van der Waals surface area contributed by atoms with Crippen molar-refractivity contribution in [2.75, 3.05) is 17.2 Å². The van der Waals surface area contributed by atoms with Crippen LogP contribution in [0.5, 0.6) is 0 Å². The molecule has 1 heterocycles. The van der Waals surface area contributed by atoms with Crippen LogP contribution >= 0.6 is 0 Å². The van der Waals surface area contributed by atoms with Gasteiger partial charge in [0.05, 0.1) is 4.92 Å². The highest BCUT2D eigenvalue weighted by Crippen LogP contribution is 2.40. The summed E-state index contributed by atoms with van der Waals surface area (Å²) in [6.45, 7) is 8.62. The van der Waals surface area contributed by atoms with Crippen molar-refractivity contribution in [3.8, 4) is 0 Å². The van der Waals surface area contributed by atoms with E-state index < -0.39 is 4.92 Å². The Morgan fingerprint density at radius 3 is 2.67 bits per heavy atom. The van der Waals surface area contributed by atoms with Crippen LogP contribution in [0.1, 0.15) is 45.7 Å². The summed E-state index contributed by atoms with van der Waals surface area (Å²) in [6, 6.07) is 0.194. The van der Waals surface area contributed by atoms with Gasteiger partial charge in [0, 0.05) is 12.6 Å². The van der Waals surface area contributed by atoms with E-state index in [1.54, 1.807) is 6.92 Å². The van der Waals surface area contributed by atoms with Gasteiger partial charge in [-0.05, 0) is 32.1 Å². The zero-order valence-electron chi connectivity index (χ0n) is 13.1. The molecule has 0 bridgehead atoms. The first-order valence-corrected chi connectivity index (χ1v) is 7.38. The van der Waals surface area contributed by atoms with Crippen LogP contribution in [0.15, 0.2) is 0 Å². The van der Waals surface area contributed by atoms with Crippen LogP contribution in [0.25, 0.3) is 0 Å². The number of rotatable bonds is 5. The van der Waals surface area contributed by atoms with Crippen LogP contribution in [-0.2, 0) is 0 Å². The van der Waals surface area contributed by atoms with Gasteiger partial charge in [0.15, 0.2) is 0 Å². The Bertz CT molecular complexity index is 544. The molecule has 0 aliphatic heterocycles. The molecule has 21 heavy (non-hydrogen) atoms. The van der Waals surface area contributed by atoms with Crippen molar-refractivity contribution in [3.63, 3.8) is 0 Å². The third-order valence-corrected chi connectivity index (χ3v) is 4.14. The van der Waals surface area contributed by atoms with Gasteiger partial charge in [0.25, 0.3) is 0 Å². The van der Waals surface area contributed by atoms with Gasteiger partial charge in [-0.3, -0.25) is 10.1 Å². The second kappa shape index (κ2) is 5.83. The molecule has 1 saturated carbocycles. The Balaban J connectivity index is 2.37. The molecule has 1 aromatic heterocycles. The van der Waals surface area contributed by atoms with Crippen LogP contribution in [-0.4, -0.2) is 27.5 Å². The van der Waals surface area contributed by atoms with Crippen LogP contribution in [0.2, 0.25) is 0 Å². The van der Waals surface area contributed by atoms with Crippen molar-refractivity contribution in [1.82, 2.24) is 9.97 Å². The first-order valence-electron chi connectivity index (χ1n) is 7.38. The third-order valence-electron chi connectivity index (χ3n) is 4.14. The third kappa shape index (κ3) is 3.22. The summed E-state index contributed by atoms with van der Waals surface area (Å²) in [7, 11) is 0. The average Bonchev–Trinajstić information content (AvgIpc) is 2.68. The molecular formula is C14H23N5O2. The van der Waals surface area contributed by atoms with E-state index in [9.17, 15) is 10.1 Å². The van der Waals surface area contributed by atoms with Gasteiger partial charge in [-0.15, -0.1) is 0 Å². The maximum absolute atomic E-state index is 11.3. The minimum Gasteiger partial charge on any atom is -0.361 e. The van der Waals surface area contributed by atoms with E-state index in [-0.39, 0.29) is 17.1 Å². The first kappa shape index (κ1) is 15.5. The van der Waals surface area contributed by atoms with Gasteiger partial charge in [-0.1, -0.05) is 20.3 Å². The highest BCUT2D eigenvalue weighted by Gasteiger charge is 2.36. The van der Waals surface area contributed by atoms with Crippen LogP contribution in [0, 0.1) is 22.5 Å². The molecule has 2 rings (SSSR count). The molecule has 1 aromatic rings. The van der Waals surface area contributed by atoms with Crippen molar-refractivity contribution in [1.29, 1.82) is 0 Å². The van der Waals surface area contributed by atoms with Gasteiger partial charge in [-0.25, -0.2) is 4.98 Å². The van der Waals surface area contributed by atoms with E-state index in [2.05, 4.69) is 34.4 Å². The fourth-order valence-electron chi connectivity index (χ4n) is 2.88. The average molecular weight is 293 g/mol. The predicted octanol–water partition coefficient (Wildman–Crippen LogP) is 3.12. The molecule has 0 amide bonds. The maximum atomic E-state index is 11.3. The summed E-state index contributed by atoms with van der Waals surface area (Å²) < 4.78 is 0. The van der Waals surface area contributed by atoms with Crippen molar-refractivity contribution < 1.29 is 4.92 Å². The Hall–Kier alpha value is -1.92. The fraction of sp³-hybridized carbons (Fsp3) is 0.714. The summed E-state index contributed by atoms with van der Waals surface area (Å²) in [6.07, 6.45) is 3.24. The van der Waals surface area contributed by atoms with Crippen molar-refractivity contribution in [2.45, 2.75) is 53.0 Å². The number of aryl methyl sites for hydroxylation is 1. The minimum atomic E-state index is -0.407. The van der Waals surface area contributed by atoms with Gasteiger partial charge < -0.3 is 10.6 Å². The lowest BCUT2D eigenvalue weighted by atomic mass is 9.87. The van der Waals surface area contributed by atoms with E-state index in [0.717, 1.165) is 19.3 Å². The summed E-state index contributed by atoms with van der Waals surface area (Å²) >= 11 is 0. The Kier molecular flexibility index (Phi) is 4.29. The Morgan fingerprint density at radius 1 is 1.43 bits per heavy atom. The monoisotopic (exact) mass is 293 g/mol. The lowest BCUT2D eigenvalue weighted by Crippen LogP contribution is -2.31. The number of nitrogens with zero attached hydrogens (tertiary/aromatic N) is 3. The Morgan fingerprint density at radius 2 is 2.14 bits per heavy atom. The number of hydrogen-bond donors (Lipinski definition) is 2. The lowest BCUT2D eigenvalue weighted by Gasteiger charge is -2.28. The highest BCUT2D eigenvalue weighted by molar-refractivity contribution is 5.61. The van der Waals surface area contributed by atoms with Gasteiger partial charge in [0.2, 0.25) is 11.8 Å². The zero-order chi connectivity index (χ0) is 15.6. The van der Waals surface area contributed by atoms with Crippen LogP contribution in [0.4, 0.5) is 17.5 Å². The van der Waals surface area contributed by atoms with E-state index in [1.165, 1.54) is 0 Å². The van der Waals surface area contributed by atoms with E-state index in [0.29, 0.717) is 24.0 Å². The van der Waals surface area contributed by atoms with E-state index in [1.807, 2.05) is 6.92 Å². The maximum Gasteiger partial charge on any atom is 0.332 e. The Labute approximate surface area is 124 Å². The lowest BCUT2D eigenvalue weighted by molar-refractivity contribution is -0.385. The highest BCUT2D eigenvalue weighted by atomic mass is 16.6. The van der Waals surface area contributed by atoms with E-state index >= 15 is 0 Å². The molecule has 0 radical (unpaired) electrons. The fourth-order valence-corrected chi connectivity index (χ4v) is 2.88. The molecule has 1 aliphatic rings. The molecule has 1 aliphatic carbocycles. The topological polar surface area (TPSA) is 93.0 Å². The van der Waals surface area contributed by atoms with Crippen LogP contribution < -0.4 is 10.6 Å². The normalized spacial score (nSPS) is 20.3. The molecule has 1 unspecified atom stereocenters. The smallest absolute Gasteiger partial charge is 0.332 e. The van der Waals surface area contributed by atoms with E-state index in [4.69, 9.17) is 0 Å². The number of nitrogens with one attached hydrogen (secondary N) is 2. The predicted molar refractivity (Wildman–Crippen MR) is 82.6 cm³/mol. The molecule has 1 fully saturated rings. The first-order chi connectivity index (χ1) is 9.85. The SMILES string of the molecule is CCNc1nc(C)c([N+](=O)[O-])c(NC2CCCC2(C)C)n1. The number of anilines is 2. The number of hydrogen-bond acceptors (Lipinski definition) is 6. The number of aromatic nitrogens is 2. The van der Waals surface area contributed by atoms with Crippen molar-refractivity contribution >= 4 is 17.5 Å². The molecule has 0 aromatic carbocycles. The van der Waals surface area contributed by atoms with Gasteiger partial charge in [0.1, 0.15) is 5.69 Å². The van der Waals surface area contributed by atoms with Gasteiger partial charge in [-0.2, -0.15) is 4.98 Å². The molecule has 0 saturated heterocycles. The summed E-state index contributed by atoms with van der Waals surface area (Å²) in [5.41, 5.74) is 0.467. The van der Waals surface area contributed by atoms with Crippen molar-refractivity contribution in [2.24, 2.45) is 5.41 Å². The largest absolute Gasteiger partial charge is 0.361 e. The second-order valence-corrected chi connectivity index (χ2v) is 6.20. The molecule has 1 atom stereocenters. The zero-order valence-corrected chi connectivity index (χ0v) is 13.1. The number of nitro groups is 1. The van der Waals surface area contributed by atoms with Crippen molar-refractivity contribution in [3.05, 3.63) is 15.8 Å². The van der Waals surface area contributed by atoms with Gasteiger partial charge >= 0.3 is 5.69 Å². The summed E-state index contributed by atoms with van der Waals surface area (Å²) in [5.74, 6) is 0.752. The summed E-state index contributed by atoms with van der Waals surface area (Å²) in [4.78, 5) is 19.4. The molecule has 2 N–H and O–H groups in total. The second-order valence-electron chi connectivity index (χ2n) is 6.20. The molecule has 7 nitrogen and oxygen atoms in total.